The zero-order valence-electron chi connectivity index (χ0n) is 13.7. The minimum Gasteiger partial charge on any atom is -0.310 e. The van der Waals surface area contributed by atoms with Crippen LogP contribution in [0.2, 0.25) is 0 Å². The Balaban J connectivity index is 1.63. The van der Waals surface area contributed by atoms with Gasteiger partial charge in [-0.3, -0.25) is 4.79 Å². The fourth-order valence-electron chi connectivity index (χ4n) is 2.91. The van der Waals surface area contributed by atoms with Gasteiger partial charge in [0.05, 0.1) is 12.7 Å². The lowest BCUT2D eigenvalue weighted by Gasteiger charge is -2.05. The normalized spacial score (nSPS) is 11.0. The van der Waals surface area contributed by atoms with Crippen molar-refractivity contribution in [1.82, 2.24) is 19.7 Å². The van der Waals surface area contributed by atoms with Crippen LogP contribution in [0.15, 0.2) is 71.7 Å². The van der Waals surface area contributed by atoms with Crippen molar-refractivity contribution in [3.63, 3.8) is 0 Å². The third kappa shape index (κ3) is 3.35. The van der Waals surface area contributed by atoms with E-state index in [0.29, 0.717) is 29.8 Å². The largest absolute Gasteiger partial charge is 0.310 e. The van der Waals surface area contributed by atoms with Gasteiger partial charge < -0.3 is 4.98 Å². The molecule has 2 heterocycles. The monoisotopic (exact) mass is 330 g/mol. The maximum Gasteiger partial charge on any atom is 0.262 e. The first-order valence-corrected chi connectivity index (χ1v) is 8.32. The zero-order valence-corrected chi connectivity index (χ0v) is 13.7. The summed E-state index contributed by atoms with van der Waals surface area (Å²) >= 11 is 0. The van der Waals surface area contributed by atoms with Crippen LogP contribution in [0.3, 0.4) is 0 Å². The van der Waals surface area contributed by atoms with Gasteiger partial charge in [0, 0.05) is 6.42 Å². The highest BCUT2D eigenvalue weighted by Gasteiger charge is 2.10. The topological polar surface area (TPSA) is 63.6 Å². The molecule has 4 rings (SSSR count). The average Bonchev–Trinajstić information content (AvgIpc) is 3.05. The van der Waals surface area contributed by atoms with Gasteiger partial charge >= 0.3 is 0 Å². The number of benzene rings is 2. The molecule has 2 aromatic carbocycles. The number of rotatable bonds is 5. The van der Waals surface area contributed by atoms with E-state index in [9.17, 15) is 4.79 Å². The van der Waals surface area contributed by atoms with Crippen molar-refractivity contribution < 1.29 is 0 Å². The minimum absolute atomic E-state index is 0.132. The Bertz CT molecular complexity index is 1040. The highest BCUT2D eigenvalue weighted by atomic mass is 16.1. The molecular formula is C20H18N4O. The summed E-state index contributed by atoms with van der Waals surface area (Å²) in [5, 5.41) is 4.87. The molecular weight excluding hydrogens is 312 g/mol. The molecule has 0 aliphatic heterocycles. The number of H-pyrrole nitrogens is 1. The van der Waals surface area contributed by atoms with E-state index >= 15 is 0 Å². The van der Waals surface area contributed by atoms with Crippen LogP contribution >= 0.6 is 0 Å². The number of fused-ring (bicyclic) bond motifs is 1. The van der Waals surface area contributed by atoms with Crippen molar-refractivity contribution >= 4 is 11.0 Å². The van der Waals surface area contributed by atoms with Gasteiger partial charge in [-0.25, -0.2) is 9.67 Å². The summed E-state index contributed by atoms with van der Waals surface area (Å²) in [4.78, 5) is 19.9. The molecule has 124 valence electrons. The Labute approximate surface area is 145 Å². The van der Waals surface area contributed by atoms with Gasteiger partial charge in [0.15, 0.2) is 5.65 Å². The van der Waals surface area contributed by atoms with Crippen LogP contribution in [-0.4, -0.2) is 19.7 Å². The Kier molecular flexibility index (Phi) is 4.12. The van der Waals surface area contributed by atoms with E-state index in [1.807, 2.05) is 48.5 Å². The summed E-state index contributed by atoms with van der Waals surface area (Å²) in [7, 11) is 0. The molecule has 5 heteroatoms. The van der Waals surface area contributed by atoms with Crippen LogP contribution < -0.4 is 5.56 Å². The van der Waals surface area contributed by atoms with Gasteiger partial charge in [0.25, 0.3) is 5.56 Å². The van der Waals surface area contributed by atoms with Gasteiger partial charge in [-0.1, -0.05) is 60.7 Å². The molecule has 0 bridgehead atoms. The first-order valence-electron chi connectivity index (χ1n) is 8.32. The number of aromatic amines is 1. The second-order valence-corrected chi connectivity index (χ2v) is 6.02. The van der Waals surface area contributed by atoms with Crippen molar-refractivity contribution in [1.29, 1.82) is 0 Å². The molecule has 0 unspecified atom stereocenters. The van der Waals surface area contributed by atoms with E-state index in [4.69, 9.17) is 0 Å². The molecule has 0 aliphatic rings. The highest BCUT2D eigenvalue weighted by molar-refractivity contribution is 5.73. The predicted octanol–water partition coefficient (Wildman–Crippen LogP) is 2.95. The molecule has 0 spiro atoms. The molecule has 0 atom stereocenters. The number of nitrogens with zero attached hydrogens (tertiary/aromatic N) is 3. The van der Waals surface area contributed by atoms with E-state index in [2.05, 4.69) is 27.2 Å². The van der Waals surface area contributed by atoms with Crippen LogP contribution in [0, 0.1) is 0 Å². The average molecular weight is 330 g/mol. The number of nitrogens with one attached hydrogen (secondary N) is 1. The van der Waals surface area contributed by atoms with Crippen molar-refractivity contribution in [2.24, 2.45) is 0 Å². The lowest BCUT2D eigenvalue weighted by molar-refractivity contribution is 0.699. The van der Waals surface area contributed by atoms with Crippen LogP contribution in [0.25, 0.3) is 11.0 Å². The third-order valence-electron chi connectivity index (χ3n) is 4.22. The Morgan fingerprint density at radius 3 is 2.28 bits per heavy atom. The Morgan fingerprint density at radius 2 is 1.56 bits per heavy atom. The van der Waals surface area contributed by atoms with Crippen molar-refractivity contribution in [2.75, 3.05) is 0 Å². The number of aromatic nitrogens is 4. The first-order chi connectivity index (χ1) is 12.3. The Hall–Kier alpha value is -3.21. The third-order valence-corrected chi connectivity index (χ3v) is 4.22. The van der Waals surface area contributed by atoms with Gasteiger partial charge in [-0.05, 0) is 17.5 Å². The van der Waals surface area contributed by atoms with Crippen LogP contribution in [-0.2, 0) is 19.4 Å². The molecule has 25 heavy (non-hydrogen) atoms. The Morgan fingerprint density at radius 1 is 0.880 bits per heavy atom. The molecule has 5 nitrogen and oxygen atoms in total. The van der Waals surface area contributed by atoms with E-state index in [1.165, 1.54) is 5.56 Å². The first kappa shape index (κ1) is 15.3. The standard InChI is InChI=1S/C20H18N4O/c25-20-17-13-21-24(14-16-9-5-2-6-10-16)19(17)22-18(23-20)12-11-15-7-3-1-4-8-15/h1-10,13H,11-12,14H2,(H,22,23,25). The summed E-state index contributed by atoms with van der Waals surface area (Å²) in [6, 6.07) is 20.2. The predicted molar refractivity (Wildman–Crippen MR) is 97.5 cm³/mol. The van der Waals surface area contributed by atoms with Gasteiger partial charge in [-0.15, -0.1) is 0 Å². The maximum absolute atomic E-state index is 12.3. The van der Waals surface area contributed by atoms with E-state index in [-0.39, 0.29) is 5.56 Å². The van der Waals surface area contributed by atoms with Gasteiger partial charge in [-0.2, -0.15) is 5.10 Å². The van der Waals surface area contributed by atoms with Crippen molar-refractivity contribution in [2.45, 2.75) is 19.4 Å². The molecule has 0 fully saturated rings. The SMILES string of the molecule is O=c1[nH]c(CCc2ccccc2)nc2c1cnn2Cc1ccccc1. The molecule has 0 aliphatic carbocycles. The van der Waals surface area contributed by atoms with Crippen molar-refractivity contribution in [3.05, 3.63) is 94.2 Å². The van der Waals surface area contributed by atoms with Crippen LogP contribution in [0.5, 0.6) is 0 Å². The zero-order chi connectivity index (χ0) is 17.1. The molecule has 0 radical (unpaired) electrons. The fraction of sp³-hybridized carbons (Fsp3) is 0.150. The maximum atomic E-state index is 12.3. The smallest absolute Gasteiger partial charge is 0.262 e. The van der Waals surface area contributed by atoms with E-state index < -0.39 is 0 Å². The second-order valence-electron chi connectivity index (χ2n) is 6.02. The summed E-state index contributed by atoms with van der Waals surface area (Å²) in [6.07, 6.45) is 3.11. The van der Waals surface area contributed by atoms with Crippen LogP contribution in [0.1, 0.15) is 17.0 Å². The minimum atomic E-state index is -0.132. The van der Waals surface area contributed by atoms with Gasteiger partial charge in [0.2, 0.25) is 0 Å². The summed E-state index contributed by atoms with van der Waals surface area (Å²) in [5.74, 6) is 0.691. The van der Waals surface area contributed by atoms with E-state index in [1.54, 1.807) is 10.9 Å². The lowest BCUT2D eigenvalue weighted by Crippen LogP contribution is -2.13. The number of hydrogen-bond donors (Lipinski definition) is 1. The molecule has 0 amide bonds. The quantitative estimate of drug-likeness (QED) is 0.612. The van der Waals surface area contributed by atoms with Crippen molar-refractivity contribution in [3.8, 4) is 0 Å². The van der Waals surface area contributed by atoms with Gasteiger partial charge in [0.1, 0.15) is 11.2 Å². The number of aryl methyl sites for hydroxylation is 2. The molecule has 4 aromatic rings. The molecule has 1 N–H and O–H groups in total. The molecule has 2 aromatic heterocycles. The fourth-order valence-corrected chi connectivity index (χ4v) is 2.91. The number of hydrogen-bond acceptors (Lipinski definition) is 3. The summed E-state index contributed by atoms with van der Waals surface area (Å²) < 4.78 is 1.78. The molecule has 0 saturated heterocycles. The molecule has 0 saturated carbocycles. The summed E-state index contributed by atoms with van der Waals surface area (Å²) in [5.41, 5.74) is 2.85. The second kappa shape index (κ2) is 6.73. The highest BCUT2D eigenvalue weighted by Crippen LogP contribution is 2.11. The summed E-state index contributed by atoms with van der Waals surface area (Å²) in [6.45, 7) is 0.596. The van der Waals surface area contributed by atoms with Crippen LogP contribution in [0.4, 0.5) is 0 Å². The lowest BCUT2D eigenvalue weighted by atomic mass is 10.1. The van der Waals surface area contributed by atoms with E-state index in [0.717, 1.165) is 12.0 Å².